The van der Waals surface area contributed by atoms with Crippen molar-refractivity contribution in [3.8, 4) is 33.8 Å². The van der Waals surface area contributed by atoms with Crippen LogP contribution in [0.1, 0.15) is 19.3 Å². The summed E-state index contributed by atoms with van der Waals surface area (Å²) in [5, 5.41) is 12.4. The monoisotopic (exact) mass is 502 g/mol. The Morgan fingerprint density at radius 2 is 1.79 bits per heavy atom. The summed E-state index contributed by atoms with van der Waals surface area (Å²) < 4.78 is 14.6. The normalized spacial score (nSPS) is 13.6. The predicted molar refractivity (Wildman–Crippen MR) is 146 cm³/mol. The Labute approximate surface area is 217 Å². The molecule has 1 aliphatic rings. The highest BCUT2D eigenvalue weighted by molar-refractivity contribution is 6.01. The maximum Gasteiger partial charge on any atom is 0.227 e. The highest BCUT2D eigenvalue weighted by Gasteiger charge is 2.25. The van der Waals surface area contributed by atoms with Crippen LogP contribution in [0.4, 0.5) is 10.1 Å². The molecule has 1 saturated carbocycles. The van der Waals surface area contributed by atoms with Crippen molar-refractivity contribution >= 4 is 33.4 Å². The minimum Gasteiger partial charge on any atom is -0.353 e. The van der Waals surface area contributed by atoms with Crippen molar-refractivity contribution in [2.75, 3.05) is 5.32 Å². The van der Waals surface area contributed by atoms with Crippen LogP contribution < -0.4 is 5.32 Å². The summed E-state index contributed by atoms with van der Waals surface area (Å²) in [5.74, 6) is -0.149. The molecular formula is C30H23FN6O. The second-order valence-electron chi connectivity index (χ2n) is 9.70. The van der Waals surface area contributed by atoms with Crippen LogP contribution in [-0.2, 0) is 4.79 Å². The lowest BCUT2D eigenvalue weighted by Crippen LogP contribution is -2.28. The van der Waals surface area contributed by atoms with E-state index in [9.17, 15) is 9.18 Å². The van der Waals surface area contributed by atoms with Crippen molar-refractivity contribution in [2.24, 2.45) is 5.92 Å². The molecule has 1 fully saturated rings. The topological polar surface area (TPSA) is 99.3 Å². The van der Waals surface area contributed by atoms with Gasteiger partial charge < -0.3 is 10.3 Å². The summed E-state index contributed by atoms with van der Waals surface area (Å²) in [6.45, 7) is 0. The van der Waals surface area contributed by atoms with Crippen LogP contribution in [-0.4, -0.2) is 31.1 Å². The zero-order chi connectivity index (χ0) is 25.6. The van der Waals surface area contributed by atoms with Gasteiger partial charge in [-0.25, -0.2) is 4.39 Å². The molecule has 3 N–H and O–H groups in total. The molecule has 1 amide bonds. The Morgan fingerprint density at radius 1 is 0.921 bits per heavy atom. The van der Waals surface area contributed by atoms with Crippen LogP contribution in [0.15, 0.2) is 79.3 Å². The van der Waals surface area contributed by atoms with Gasteiger partial charge in [-0.2, -0.15) is 5.10 Å². The van der Waals surface area contributed by atoms with Crippen molar-refractivity contribution < 1.29 is 9.18 Å². The van der Waals surface area contributed by atoms with Crippen molar-refractivity contribution in [1.29, 1.82) is 0 Å². The highest BCUT2D eigenvalue weighted by Crippen LogP contribution is 2.35. The van der Waals surface area contributed by atoms with E-state index in [0.717, 1.165) is 63.6 Å². The molecule has 4 heterocycles. The molecule has 4 aromatic heterocycles. The number of aromatic nitrogens is 5. The summed E-state index contributed by atoms with van der Waals surface area (Å²) in [6, 6.07) is 18.5. The first-order valence-corrected chi connectivity index (χ1v) is 12.6. The summed E-state index contributed by atoms with van der Waals surface area (Å²) in [4.78, 5) is 24.7. The molecule has 0 bridgehead atoms. The summed E-state index contributed by atoms with van der Waals surface area (Å²) in [7, 11) is 0. The van der Waals surface area contributed by atoms with Gasteiger partial charge in [-0.15, -0.1) is 0 Å². The third kappa shape index (κ3) is 3.82. The van der Waals surface area contributed by atoms with Crippen LogP contribution in [0.5, 0.6) is 0 Å². The van der Waals surface area contributed by atoms with E-state index in [1.165, 1.54) is 6.07 Å². The zero-order valence-corrected chi connectivity index (χ0v) is 20.3. The van der Waals surface area contributed by atoms with E-state index in [0.29, 0.717) is 16.9 Å². The van der Waals surface area contributed by atoms with Crippen LogP contribution in [0, 0.1) is 11.7 Å². The van der Waals surface area contributed by atoms with E-state index in [2.05, 4.69) is 36.5 Å². The fourth-order valence-electron chi connectivity index (χ4n) is 5.03. The van der Waals surface area contributed by atoms with Crippen molar-refractivity contribution in [1.82, 2.24) is 25.1 Å². The number of nitrogens with one attached hydrogen (secondary N) is 3. The number of H-pyrrole nitrogens is 2. The summed E-state index contributed by atoms with van der Waals surface area (Å²) in [5.41, 5.74) is 6.86. The molecule has 1 aliphatic carbocycles. The van der Waals surface area contributed by atoms with E-state index in [1.54, 1.807) is 36.8 Å². The van der Waals surface area contributed by atoms with Gasteiger partial charge in [0.1, 0.15) is 11.5 Å². The van der Waals surface area contributed by atoms with Crippen molar-refractivity contribution in [2.45, 2.75) is 19.3 Å². The Morgan fingerprint density at radius 3 is 2.63 bits per heavy atom. The standard InChI is InChI=1S/C30H23FN6O/c31-24-7-2-1-6-21(24)28-23-14-27(35-25(23)10-11-33-28)29-22-13-18(8-9-26(22)36-37-29)19-12-20(16-32-15-19)34-30(38)17-4-3-5-17/h1-2,6-17,35H,3-5H2,(H,34,38)(H,36,37). The van der Waals surface area contributed by atoms with Gasteiger partial charge >= 0.3 is 0 Å². The summed E-state index contributed by atoms with van der Waals surface area (Å²) in [6.07, 6.45) is 8.15. The first kappa shape index (κ1) is 22.4. The summed E-state index contributed by atoms with van der Waals surface area (Å²) >= 11 is 0. The fourth-order valence-corrected chi connectivity index (χ4v) is 5.03. The van der Waals surface area contributed by atoms with E-state index in [-0.39, 0.29) is 17.6 Å². The smallest absolute Gasteiger partial charge is 0.227 e. The number of carbonyl (C=O) groups excluding carboxylic acids is 1. The van der Waals surface area contributed by atoms with Gasteiger partial charge in [0.2, 0.25) is 5.91 Å². The maximum absolute atomic E-state index is 14.6. The number of anilines is 1. The number of benzene rings is 2. The Bertz CT molecular complexity index is 1830. The number of carbonyl (C=O) groups is 1. The first-order chi connectivity index (χ1) is 18.6. The van der Waals surface area contributed by atoms with Gasteiger partial charge in [0.15, 0.2) is 0 Å². The zero-order valence-electron chi connectivity index (χ0n) is 20.3. The maximum atomic E-state index is 14.6. The molecule has 8 heteroatoms. The first-order valence-electron chi connectivity index (χ1n) is 12.6. The van der Waals surface area contributed by atoms with E-state index < -0.39 is 0 Å². The number of aromatic amines is 2. The number of pyridine rings is 2. The lowest BCUT2D eigenvalue weighted by atomic mass is 9.85. The molecule has 0 atom stereocenters. The van der Waals surface area contributed by atoms with Crippen LogP contribution >= 0.6 is 0 Å². The lowest BCUT2D eigenvalue weighted by molar-refractivity contribution is -0.122. The van der Waals surface area contributed by atoms with Gasteiger partial charge in [-0.1, -0.05) is 24.6 Å². The molecule has 0 saturated heterocycles. The molecular weight excluding hydrogens is 479 g/mol. The van der Waals surface area contributed by atoms with Crippen molar-refractivity contribution in [3.05, 3.63) is 85.1 Å². The van der Waals surface area contributed by atoms with Gasteiger partial charge in [-0.05, 0) is 60.9 Å². The third-order valence-electron chi connectivity index (χ3n) is 7.31. The predicted octanol–water partition coefficient (Wildman–Crippen LogP) is 6.71. The van der Waals surface area contributed by atoms with Gasteiger partial charge in [0, 0.05) is 45.7 Å². The molecule has 2 aromatic carbocycles. The molecule has 6 aromatic rings. The second-order valence-corrected chi connectivity index (χ2v) is 9.70. The molecule has 0 aliphatic heterocycles. The van der Waals surface area contributed by atoms with Crippen LogP contribution in [0.2, 0.25) is 0 Å². The average molecular weight is 503 g/mol. The molecule has 0 unspecified atom stereocenters. The van der Waals surface area contributed by atoms with Crippen LogP contribution in [0.3, 0.4) is 0 Å². The number of halogens is 1. The SMILES string of the molecule is O=C(Nc1cncc(-c2ccc3[nH]nc(-c4cc5c(-c6ccccc6F)nccc5[nH]4)c3c2)c1)C1CCC1. The van der Waals surface area contributed by atoms with E-state index in [4.69, 9.17) is 0 Å². The largest absolute Gasteiger partial charge is 0.353 e. The number of hydrogen-bond acceptors (Lipinski definition) is 4. The van der Waals surface area contributed by atoms with E-state index >= 15 is 0 Å². The lowest BCUT2D eigenvalue weighted by Gasteiger charge is -2.24. The van der Waals surface area contributed by atoms with Gasteiger partial charge in [-0.3, -0.25) is 19.9 Å². The molecule has 0 spiro atoms. The number of fused-ring (bicyclic) bond motifs is 2. The van der Waals surface area contributed by atoms with E-state index in [1.807, 2.05) is 30.3 Å². The second kappa shape index (κ2) is 8.92. The minimum absolute atomic E-state index is 0.0610. The average Bonchev–Trinajstić information content (AvgIpc) is 3.52. The highest BCUT2D eigenvalue weighted by atomic mass is 19.1. The third-order valence-corrected chi connectivity index (χ3v) is 7.31. The molecule has 7 nitrogen and oxygen atoms in total. The van der Waals surface area contributed by atoms with Gasteiger partial charge in [0.05, 0.1) is 28.8 Å². The number of rotatable bonds is 5. The van der Waals surface area contributed by atoms with Crippen LogP contribution in [0.25, 0.3) is 55.6 Å². The minimum atomic E-state index is -0.315. The molecule has 38 heavy (non-hydrogen) atoms. The Kier molecular flexibility index (Phi) is 5.25. The van der Waals surface area contributed by atoms with Crippen molar-refractivity contribution in [3.63, 3.8) is 0 Å². The fraction of sp³-hybridized carbons (Fsp3) is 0.133. The number of hydrogen-bond donors (Lipinski definition) is 3. The number of nitrogens with zero attached hydrogens (tertiary/aromatic N) is 3. The molecule has 0 radical (unpaired) electrons. The Balaban J connectivity index is 1.27. The molecule has 186 valence electrons. The number of amides is 1. The quantitative estimate of drug-likeness (QED) is 0.244. The van der Waals surface area contributed by atoms with Gasteiger partial charge in [0.25, 0.3) is 0 Å². The molecule has 7 rings (SSSR count). The Hall–Kier alpha value is -4.85.